The topological polar surface area (TPSA) is 48.3 Å². The average molecular weight is 293 g/mol. The zero-order valence-corrected chi connectivity index (χ0v) is 12.5. The second kappa shape index (κ2) is 6.97. The summed E-state index contributed by atoms with van der Waals surface area (Å²) in [6.45, 7) is 4.35. The molecule has 0 spiro atoms. The van der Waals surface area contributed by atoms with Crippen LogP contribution >= 0.6 is 0 Å². The van der Waals surface area contributed by atoms with Gasteiger partial charge in [0.15, 0.2) is 0 Å². The molecular weight excluding hydrogens is 274 g/mol. The minimum absolute atomic E-state index is 0.509. The summed E-state index contributed by atoms with van der Waals surface area (Å²) in [7, 11) is 0. The molecule has 3 rings (SSSR count). The number of hydrogen-bond acceptors (Lipinski definition) is 4. The van der Waals surface area contributed by atoms with E-state index in [2.05, 4.69) is 16.3 Å². The first-order valence-corrected chi connectivity index (χ1v) is 7.53. The maximum atomic E-state index is 9.12. The van der Waals surface area contributed by atoms with Crippen molar-refractivity contribution < 1.29 is 4.74 Å². The minimum atomic E-state index is 0.509. The van der Waals surface area contributed by atoms with Crippen molar-refractivity contribution >= 4 is 5.69 Å². The summed E-state index contributed by atoms with van der Waals surface area (Å²) in [5.41, 5.74) is 2.81. The van der Waals surface area contributed by atoms with E-state index in [0.29, 0.717) is 12.2 Å². The largest absolute Gasteiger partial charge is 0.487 e. The summed E-state index contributed by atoms with van der Waals surface area (Å²) < 4.78 is 6.01. The van der Waals surface area contributed by atoms with Crippen molar-refractivity contribution in [2.75, 3.05) is 31.1 Å². The number of piperazine rings is 1. The lowest BCUT2D eigenvalue weighted by molar-refractivity contribution is 0.306. The number of anilines is 1. The van der Waals surface area contributed by atoms with Gasteiger partial charge in [-0.25, -0.2) is 0 Å². The van der Waals surface area contributed by atoms with Crippen LogP contribution in [0.25, 0.3) is 0 Å². The third-order valence-electron chi connectivity index (χ3n) is 3.78. The van der Waals surface area contributed by atoms with Crippen molar-refractivity contribution in [3.63, 3.8) is 0 Å². The lowest BCUT2D eigenvalue weighted by Gasteiger charge is -2.30. The third-order valence-corrected chi connectivity index (χ3v) is 3.78. The molecule has 2 aromatic rings. The molecule has 0 unspecified atom stereocenters. The van der Waals surface area contributed by atoms with E-state index in [4.69, 9.17) is 10.00 Å². The Morgan fingerprint density at radius 3 is 2.59 bits per heavy atom. The molecule has 112 valence electrons. The van der Waals surface area contributed by atoms with Gasteiger partial charge in [0.05, 0.1) is 17.3 Å². The van der Waals surface area contributed by atoms with Crippen molar-refractivity contribution in [1.82, 2.24) is 5.32 Å². The molecule has 0 bridgehead atoms. The van der Waals surface area contributed by atoms with Crippen LogP contribution in [0.15, 0.2) is 48.5 Å². The molecule has 1 saturated heterocycles. The monoisotopic (exact) mass is 293 g/mol. The lowest BCUT2D eigenvalue weighted by atomic mass is 10.1. The third kappa shape index (κ3) is 3.38. The number of nitriles is 1. The second-order valence-electron chi connectivity index (χ2n) is 5.31. The summed E-state index contributed by atoms with van der Waals surface area (Å²) in [6, 6.07) is 17.9. The minimum Gasteiger partial charge on any atom is -0.487 e. The van der Waals surface area contributed by atoms with Crippen LogP contribution in [0.1, 0.15) is 11.1 Å². The summed E-state index contributed by atoms with van der Waals surface area (Å²) in [5, 5.41) is 12.5. The van der Waals surface area contributed by atoms with E-state index < -0.39 is 0 Å². The van der Waals surface area contributed by atoms with E-state index in [9.17, 15) is 0 Å². The molecule has 4 heteroatoms. The van der Waals surface area contributed by atoms with Crippen LogP contribution in [0.5, 0.6) is 5.75 Å². The molecule has 22 heavy (non-hydrogen) atoms. The maximum absolute atomic E-state index is 9.12. The zero-order chi connectivity index (χ0) is 15.2. The van der Waals surface area contributed by atoms with E-state index in [0.717, 1.165) is 43.2 Å². The molecule has 1 aliphatic heterocycles. The fraction of sp³-hybridized carbons (Fsp3) is 0.278. The summed E-state index contributed by atoms with van der Waals surface area (Å²) >= 11 is 0. The zero-order valence-electron chi connectivity index (χ0n) is 12.5. The highest BCUT2D eigenvalue weighted by Gasteiger charge is 2.15. The first-order valence-electron chi connectivity index (χ1n) is 7.53. The van der Waals surface area contributed by atoms with E-state index in [-0.39, 0.29) is 0 Å². The van der Waals surface area contributed by atoms with E-state index >= 15 is 0 Å². The number of rotatable bonds is 4. The standard InChI is InChI=1S/C18H19N3O/c19-13-16-6-7-17(21-10-8-20-9-11-21)18(12-16)22-14-15-4-2-1-3-5-15/h1-7,12,20H,8-11,14H2. The average Bonchev–Trinajstić information content (AvgIpc) is 2.61. The van der Waals surface area contributed by atoms with Crippen molar-refractivity contribution in [3.8, 4) is 11.8 Å². The summed E-state index contributed by atoms with van der Waals surface area (Å²) in [5.74, 6) is 0.782. The van der Waals surface area contributed by atoms with Crippen molar-refractivity contribution in [3.05, 3.63) is 59.7 Å². The van der Waals surface area contributed by atoms with E-state index in [1.54, 1.807) is 0 Å². The summed E-state index contributed by atoms with van der Waals surface area (Å²) in [4.78, 5) is 2.30. The van der Waals surface area contributed by atoms with Gasteiger partial charge >= 0.3 is 0 Å². The van der Waals surface area contributed by atoms with Crippen LogP contribution in [0, 0.1) is 11.3 Å². The van der Waals surface area contributed by atoms with Gasteiger partial charge in [-0.1, -0.05) is 30.3 Å². The Kier molecular flexibility index (Phi) is 4.57. The SMILES string of the molecule is N#Cc1ccc(N2CCNCC2)c(OCc2ccccc2)c1. The molecule has 1 N–H and O–H groups in total. The molecule has 1 fully saturated rings. The molecule has 4 nitrogen and oxygen atoms in total. The fourth-order valence-electron chi connectivity index (χ4n) is 2.60. The molecule has 0 aromatic heterocycles. The van der Waals surface area contributed by atoms with Gasteiger partial charge in [0.1, 0.15) is 12.4 Å². The maximum Gasteiger partial charge on any atom is 0.144 e. The molecule has 0 aliphatic carbocycles. The predicted molar refractivity (Wildman–Crippen MR) is 87.0 cm³/mol. The Balaban J connectivity index is 1.82. The van der Waals surface area contributed by atoms with Gasteiger partial charge in [0.25, 0.3) is 0 Å². The van der Waals surface area contributed by atoms with Crippen molar-refractivity contribution in [2.24, 2.45) is 0 Å². The van der Waals surface area contributed by atoms with Gasteiger partial charge in [-0.15, -0.1) is 0 Å². The predicted octanol–water partition coefficient (Wildman–Crippen LogP) is 2.55. The molecular formula is C18H19N3O. The van der Waals surface area contributed by atoms with Crippen molar-refractivity contribution in [1.29, 1.82) is 5.26 Å². The van der Waals surface area contributed by atoms with Gasteiger partial charge in [-0.2, -0.15) is 5.26 Å². The van der Waals surface area contributed by atoms with E-state index in [1.165, 1.54) is 0 Å². The highest BCUT2D eigenvalue weighted by molar-refractivity contribution is 5.61. The molecule has 0 saturated carbocycles. The molecule has 1 heterocycles. The Hall–Kier alpha value is -2.51. The molecule has 0 radical (unpaired) electrons. The molecule has 2 aromatic carbocycles. The van der Waals surface area contributed by atoms with Crippen LogP contribution in [0.3, 0.4) is 0 Å². The highest BCUT2D eigenvalue weighted by Crippen LogP contribution is 2.30. The van der Waals surface area contributed by atoms with Gasteiger partial charge in [0, 0.05) is 32.2 Å². The lowest BCUT2D eigenvalue weighted by Crippen LogP contribution is -2.43. The van der Waals surface area contributed by atoms with Crippen LogP contribution in [-0.2, 0) is 6.61 Å². The normalized spacial score (nSPS) is 14.4. The van der Waals surface area contributed by atoms with Gasteiger partial charge < -0.3 is 15.0 Å². The number of hydrogen-bond donors (Lipinski definition) is 1. The van der Waals surface area contributed by atoms with Crippen LogP contribution in [0.4, 0.5) is 5.69 Å². The molecule has 1 aliphatic rings. The number of ether oxygens (including phenoxy) is 1. The van der Waals surface area contributed by atoms with Gasteiger partial charge in [-0.3, -0.25) is 0 Å². The molecule has 0 amide bonds. The van der Waals surface area contributed by atoms with Crippen LogP contribution in [0.2, 0.25) is 0 Å². The fourth-order valence-corrected chi connectivity index (χ4v) is 2.60. The first kappa shape index (κ1) is 14.4. The first-order chi connectivity index (χ1) is 10.9. The van der Waals surface area contributed by atoms with Gasteiger partial charge in [-0.05, 0) is 17.7 Å². The number of benzene rings is 2. The van der Waals surface area contributed by atoms with Crippen molar-refractivity contribution in [2.45, 2.75) is 6.61 Å². The molecule has 0 atom stereocenters. The Morgan fingerprint density at radius 1 is 1.09 bits per heavy atom. The van der Waals surface area contributed by atoms with Crippen LogP contribution < -0.4 is 15.0 Å². The smallest absolute Gasteiger partial charge is 0.144 e. The van der Waals surface area contributed by atoms with Gasteiger partial charge in [0.2, 0.25) is 0 Å². The van der Waals surface area contributed by atoms with Crippen LogP contribution in [-0.4, -0.2) is 26.2 Å². The second-order valence-corrected chi connectivity index (χ2v) is 5.31. The number of nitrogens with one attached hydrogen (secondary N) is 1. The van der Waals surface area contributed by atoms with E-state index in [1.807, 2.05) is 48.5 Å². The Bertz CT molecular complexity index is 658. The summed E-state index contributed by atoms with van der Waals surface area (Å²) in [6.07, 6.45) is 0. The Morgan fingerprint density at radius 2 is 1.86 bits per heavy atom. The highest BCUT2D eigenvalue weighted by atomic mass is 16.5. The number of nitrogens with zero attached hydrogens (tertiary/aromatic N) is 2. The Labute approximate surface area is 130 Å². The quantitative estimate of drug-likeness (QED) is 0.941.